The Hall–Kier alpha value is -3.77. The van der Waals surface area contributed by atoms with Gasteiger partial charge in [0.25, 0.3) is 5.56 Å². The topological polar surface area (TPSA) is 80.6 Å². The molecule has 2 atom stereocenters. The minimum Gasteiger partial charge on any atom is -0.508 e. The molecule has 6 heteroatoms. The number of aliphatic imine (C=N–C) groups is 1. The number of hydrogen-bond acceptors (Lipinski definition) is 4. The minimum absolute atomic E-state index is 0.0892. The van der Waals surface area contributed by atoms with Gasteiger partial charge < -0.3 is 15.4 Å². The molecule has 0 radical (unpaired) electrons. The zero-order chi connectivity index (χ0) is 24.6. The van der Waals surface area contributed by atoms with Gasteiger partial charge in [-0.1, -0.05) is 45.3 Å². The zero-order valence-electron chi connectivity index (χ0n) is 19.5. The minimum atomic E-state index is -0.599. The number of nitrogens with zero attached hydrogens (tertiary/aromatic N) is 2. The van der Waals surface area contributed by atoms with Crippen LogP contribution in [0, 0.1) is 40.8 Å². The molecule has 33 heavy (non-hydrogen) atoms. The van der Waals surface area contributed by atoms with Crippen LogP contribution in [0.15, 0.2) is 58.7 Å². The van der Waals surface area contributed by atoms with E-state index in [0.717, 1.165) is 0 Å². The monoisotopic (exact) mass is 447 g/mol. The summed E-state index contributed by atoms with van der Waals surface area (Å²) in [4.78, 5) is 16.8. The summed E-state index contributed by atoms with van der Waals surface area (Å²) in [7, 11) is 1.64. The lowest BCUT2D eigenvalue weighted by Gasteiger charge is -2.27. The van der Waals surface area contributed by atoms with Gasteiger partial charge in [-0.25, -0.2) is 9.38 Å². The van der Waals surface area contributed by atoms with Crippen molar-refractivity contribution in [3.05, 3.63) is 76.2 Å². The summed E-state index contributed by atoms with van der Waals surface area (Å²) in [5.74, 6) is 11.0. The molecule has 0 saturated carbocycles. The molecule has 0 aliphatic carbocycles. The normalized spacial score (nSPS) is 13.5. The molecule has 1 heterocycles. The summed E-state index contributed by atoms with van der Waals surface area (Å²) in [5.41, 5.74) is 5.76. The fourth-order valence-electron chi connectivity index (χ4n) is 3.18. The summed E-state index contributed by atoms with van der Waals surface area (Å²) >= 11 is 0. The molecule has 0 fully saturated rings. The number of pyridine rings is 1. The number of aryl methyl sites for hydroxylation is 1. The maximum absolute atomic E-state index is 13.9. The zero-order valence-corrected chi connectivity index (χ0v) is 19.5. The molecule has 0 saturated heterocycles. The van der Waals surface area contributed by atoms with E-state index in [1.54, 1.807) is 31.6 Å². The molecule has 2 unspecified atom stereocenters. The van der Waals surface area contributed by atoms with Gasteiger partial charge in [0.2, 0.25) is 0 Å². The third kappa shape index (κ3) is 6.85. The van der Waals surface area contributed by atoms with E-state index in [1.807, 2.05) is 6.92 Å². The van der Waals surface area contributed by atoms with Gasteiger partial charge in [0.15, 0.2) is 0 Å². The SMILES string of the molecule is C=C(N)N=CC(C)(CC#CC#CCC(c1cc(F)ccc1O)c1cccn(C)c1=O)C(C)C. The molecule has 0 bridgehead atoms. The number of nitrogens with two attached hydrogens (primary N) is 1. The second kappa shape index (κ2) is 11.2. The van der Waals surface area contributed by atoms with E-state index in [-0.39, 0.29) is 34.9 Å². The van der Waals surface area contributed by atoms with Gasteiger partial charge in [-0.3, -0.25) is 4.79 Å². The van der Waals surface area contributed by atoms with Gasteiger partial charge >= 0.3 is 0 Å². The lowest BCUT2D eigenvalue weighted by atomic mass is 9.77. The predicted molar refractivity (Wildman–Crippen MR) is 131 cm³/mol. The molecule has 172 valence electrons. The van der Waals surface area contributed by atoms with Crippen LogP contribution >= 0.6 is 0 Å². The van der Waals surface area contributed by atoms with E-state index >= 15 is 0 Å². The van der Waals surface area contributed by atoms with Gasteiger partial charge in [0.1, 0.15) is 17.4 Å². The van der Waals surface area contributed by atoms with Crippen LogP contribution in [0.2, 0.25) is 0 Å². The van der Waals surface area contributed by atoms with Gasteiger partial charge in [-0.05, 0) is 42.0 Å². The van der Waals surface area contributed by atoms with Crippen LogP contribution in [-0.2, 0) is 7.05 Å². The number of phenolic OH excluding ortho intramolecular Hbond substituents is 1. The average Bonchev–Trinajstić information content (AvgIpc) is 2.76. The first-order valence-electron chi connectivity index (χ1n) is 10.6. The van der Waals surface area contributed by atoms with Crippen molar-refractivity contribution in [2.45, 2.75) is 39.5 Å². The van der Waals surface area contributed by atoms with Crippen molar-refractivity contribution in [2.24, 2.45) is 29.1 Å². The lowest BCUT2D eigenvalue weighted by molar-refractivity contribution is 0.346. The maximum Gasteiger partial charge on any atom is 0.254 e. The highest BCUT2D eigenvalue weighted by atomic mass is 19.1. The van der Waals surface area contributed by atoms with E-state index < -0.39 is 11.7 Å². The van der Waals surface area contributed by atoms with Crippen LogP contribution < -0.4 is 11.3 Å². The predicted octanol–water partition coefficient (Wildman–Crippen LogP) is 4.31. The molecular weight excluding hydrogens is 417 g/mol. The molecule has 2 rings (SSSR count). The number of phenols is 1. The first-order valence-corrected chi connectivity index (χ1v) is 10.6. The van der Waals surface area contributed by atoms with Gasteiger partial charge in [-0.15, -0.1) is 0 Å². The van der Waals surface area contributed by atoms with Gasteiger partial charge in [0, 0.05) is 54.8 Å². The molecule has 1 aromatic heterocycles. The van der Waals surface area contributed by atoms with Gasteiger partial charge in [-0.2, -0.15) is 0 Å². The average molecular weight is 448 g/mol. The second-order valence-corrected chi connectivity index (χ2v) is 8.53. The quantitative estimate of drug-likeness (QED) is 0.490. The molecule has 0 aliphatic heterocycles. The standard InChI is InChI=1S/C27H30FN3O2/c1-19(2)27(4,18-30-20(3)29)15-9-7-6-8-11-22(23-12-10-16-31(5)26(23)33)24-17-21(28)13-14-25(24)32/h10,12-14,16-19,22,32H,3,11,15,29H2,1-2,4-5H3. The highest BCUT2D eigenvalue weighted by Gasteiger charge is 2.25. The third-order valence-electron chi connectivity index (χ3n) is 5.75. The molecule has 3 N–H and O–H groups in total. The molecule has 0 amide bonds. The Labute approximate surface area is 194 Å². The largest absolute Gasteiger partial charge is 0.508 e. The first-order chi connectivity index (χ1) is 15.5. The molecule has 2 aromatic rings. The van der Waals surface area contributed by atoms with Crippen LogP contribution in [0.1, 0.15) is 50.7 Å². The van der Waals surface area contributed by atoms with Crippen LogP contribution in [0.5, 0.6) is 5.75 Å². The number of aromatic nitrogens is 1. The Balaban J connectivity index is 2.31. The number of aromatic hydroxyl groups is 1. The Morgan fingerprint density at radius 2 is 2.00 bits per heavy atom. The van der Waals surface area contributed by atoms with E-state index in [1.165, 1.54) is 22.8 Å². The first kappa shape index (κ1) is 25.5. The third-order valence-corrected chi connectivity index (χ3v) is 5.75. The summed E-state index contributed by atoms with van der Waals surface area (Å²) in [5, 5.41) is 10.3. The van der Waals surface area contributed by atoms with Crippen molar-refractivity contribution < 1.29 is 9.50 Å². The Kier molecular flexibility index (Phi) is 8.65. The summed E-state index contributed by atoms with van der Waals surface area (Å²) in [6.07, 6.45) is 4.14. The van der Waals surface area contributed by atoms with E-state index in [0.29, 0.717) is 17.5 Å². The molecule has 5 nitrogen and oxygen atoms in total. The van der Waals surface area contributed by atoms with Crippen molar-refractivity contribution in [3.8, 4) is 29.4 Å². The van der Waals surface area contributed by atoms with Crippen molar-refractivity contribution in [1.82, 2.24) is 4.57 Å². The van der Waals surface area contributed by atoms with Crippen LogP contribution in [0.4, 0.5) is 4.39 Å². The van der Waals surface area contributed by atoms with Crippen LogP contribution in [-0.4, -0.2) is 15.9 Å². The van der Waals surface area contributed by atoms with Crippen LogP contribution in [0.3, 0.4) is 0 Å². The summed E-state index contributed by atoms with van der Waals surface area (Å²) in [6.45, 7) is 9.78. The molecule has 1 aromatic carbocycles. The van der Waals surface area contributed by atoms with Gasteiger partial charge in [0.05, 0.1) is 0 Å². The smallest absolute Gasteiger partial charge is 0.254 e. The van der Waals surface area contributed by atoms with E-state index in [4.69, 9.17) is 5.73 Å². The number of hydrogen-bond donors (Lipinski definition) is 2. The van der Waals surface area contributed by atoms with Crippen molar-refractivity contribution in [1.29, 1.82) is 0 Å². The maximum atomic E-state index is 13.9. The fourth-order valence-corrected chi connectivity index (χ4v) is 3.18. The van der Waals surface area contributed by atoms with Crippen LogP contribution in [0.25, 0.3) is 0 Å². The lowest BCUT2D eigenvalue weighted by Crippen LogP contribution is -2.25. The second-order valence-electron chi connectivity index (χ2n) is 8.53. The van der Waals surface area contributed by atoms with Crippen molar-refractivity contribution in [2.75, 3.05) is 0 Å². The number of rotatable bonds is 7. The Morgan fingerprint density at radius 3 is 2.67 bits per heavy atom. The summed E-state index contributed by atoms with van der Waals surface area (Å²) in [6, 6.07) is 7.09. The highest BCUT2D eigenvalue weighted by Crippen LogP contribution is 2.33. The Morgan fingerprint density at radius 1 is 1.30 bits per heavy atom. The number of halogens is 1. The fraction of sp³-hybridized carbons (Fsp3) is 0.333. The van der Waals surface area contributed by atoms with E-state index in [2.05, 4.69) is 49.1 Å². The van der Waals surface area contributed by atoms with Crippen molar-refractivity contribution >= 4 is 6.21 Å². The summed E-state index contributed by atoms with van der Waals surface area (Å²) < 4.78 is 15.3. The molecular formula is C27H30FN3O2. The molecule has 0 aliphatic rings. The highest BCUT2D eigenvalue weighted by molar-refractivity contribution is 5.67. The van der Waals surface area contributed by atoms with E-state index in [9.17, 15) is 14.3 Å². The Bertz CT molecular complexity index is 1220. The van der Waals surface area contributed by atoms with Crippen molar-refractivity contribution in [3.63, 3.8) is 0 Å². The number of benzene rings is 1. The molecule has 0 spiro atoms.